The molecule has 1 saturated heterocycles. The van der Waals surface area contributed by atoms with E-state index in [1.54, 1.807) is 0 Å². The van der Waals surface area contributed by atoms with Crippen LogP contribution in [0.5, 0.6) is 0 Å². The van der Waals surface area contributed by atoms with Crippen LogP contribution in [0.25, 0.3) is 0 Å². The summed E-state index contributed by atoms with van der Waals surface area (Å²) in [5.41, 5.74) is 0.492. The van der Waals surface area contributed by atoms with E-state index >= 15 is 0 Å². The highest BCUT2D eigenvalue weighted by Crippen LogP contribution is 2.54. The minimum absolute atomic E-state index is 0.492. The Hall–Kier alpha value is -0.0400. The first-order valence-electron chi connectivity index (χ1n) is 5.28. The molecule has 1 heterocycles. The molecule has 1 aliphatic carbocycles. The minimum atomic E-state index is 0.492. The second kappa shape index (κ2) is 2.47. The smallest absolute Gasteiger partial charge is 0.0175 e. The molecule has 1 heteroatoms. The van der Waals surface area contributed by atoms with Gasteiger partial charge in [-0.15, -0.1) is 0 Å². The van der Waals surface area contributed by atoms with Crippen molar-refractivity contribution in [1.82, 2.24) is 4.90 Å². The molecule has 0 aromatic rings. The quantitative estimate of drug-likeness (QED) is 0.579. The lowest BCUT2D eigenvalue weighted by Gasteiger charge is -2.36. The molecule has 1 saturated carbocycles. The van der Waals surface area contributed by atoms with Crippen molar-refractivity contribution < 1.29 is 0 Å². The maximum Gasteiger partial charge on any atom is 0.0175 e. The zero-order chi connectivity index (χ0) is 8.93. The summed E-state index contributed by atoms with van der Waals surface area (Å²) in [6, 6.07) is 0.868. The van der Waals surface area contributed by atoms with E-state index in [1.165, 1.54) is 19.5 Å². The van der Waals surface area contributed by atoms with Gasteiger partial charge in [-0.3, -0.25) is 4.90 Å². The fourth-order valence-corrected chi connectivity index (χ4v) is 3.07. The van der Waals surface area contributed by atoms with Crippen molar-refractivity contribution in [3.8, 4) is 0 Å². The molecule has 0 spiro atoms. The summed E-state index contributed by atoms with van der Waals surface area (Å²) in [5, 5.41) is 0. The molecule has 2 fully saturated rings. The number of fused-ring (bicyclic) bond motifs is 1. The van der Waals surface area contributed by atoms with Gasteiger partial charge in [0, 0.05) is 12.6 Å². The van der Waals surface area contributed by atoms with Gasteiger partial charge < -0.3 is 0 Å². The van der Waals surface area contributed by atoms with E-state index in [-0.39, 0.29) is 0 Å². The number of piperidine rings is 1. The van der Waals surface area contributed by atoms with Crippen LogP contribution in [0.1, 0.15) is 34.1 Å². The number of hydrogen-bond acceptors (Lipinski definition) is 1. The standard InChI is InChI=1S/C11H21N/c1-5-12-7-8-6-9(8)10(12)11(2,3)4/h8-10H,5-7H2,1-4H3. The minimum Gasteiger partial charge on any atom is -0.300 e. The van der Waals surface area contributed by atoms with Crippen LogP contribution >= 0.6 is 0 Å². The molecule has 0 amide bonds. The van der Waals surface area contributed by atoms with Gasteiger partial charge in [0.25, 0.3) is 0 Å². The summed E-state index contributed by atoms with van der Waals surface area (Å²) in [4.78, 5) is 2.68. The molecular formula is C11H21N. The van der Waals surface area contributed by atoms with Crippen molar-refractivity contribution in [2.24, 2.45) is 17.3 Å². The van der Waals surface area contributed by atoms with Gasteiger partial charge in [0.15, 0.2) is 0 Å². The fraction of sp³-hybridized carbons (Fsp3) is 1.00. The topological polar surface area (TPSA) is 3.24 Å². The van der Waals surface area contributed by atoms with Crippen LogP contribution < -0.4 is 0 Å². The molecular weight excluding hydrogens is 146 g/mol. The Morgan fingerprint density at radius 3 is 2.42 bits per heavy atom. The van der Waals surface area contributed by atoms with E-state index < -0.39 is 0 Å². The molecule has 2 aliphatic rings. The maximum absolute atomic E-state index is 2.68. The van der Waals surface area contributed by atoms with Gasteiger partial charge in [0.1, 0.15) is 0 Å². The van der Waals surface area contributed by atoms with Crippen LogP contribution in [0, 0.1) is 17.3 Å². The Labute approximate surface area is 76.1 Å². The molecule has 0 N–H and O–H groups in total. The molecule has 70 valence electrons. The molecule has 0 radical (unpaired) electrons. The van der Waals surface area contributed by atoms with E-state index in [0.717, 1.165) is 17.9 Å². The molecule has 0 bridgehead atoms. The summed E-state index contributed by atoms with van der Waals surface area (Å²) in [6.45, 7) is 12.1. The lowest BCUT2D eigenvalue weighted by atomic mass is 9.83. The monoisotopic (exact) mass is 167 g/mol. The molecule has 1 aliphatic heterocycles. The van der Waals surface area contributed by atoms with Gasteiger partial charge in [-0.25, -0.2) is 0 Å². The second-order valence-corrected chi connectivity index (χ2v) is 5.56. The van der Waals surface area contributed by atoms with Crippen LogP contribution in [0.4, 0.5) is 0 Å². The summed E-state index contributed by atoms with van der Waals surface area (Å²) in [5.74, 6) is 2.11. The lowest BCUT2D eigenvalue weighted by molar-refractivity contribution is 0.120. The van der Waals surface area contributed by atoms with E-state index in [9.17, 15) is 0 Å². The van der Waals surface area contributed by atoms with Gasteiger partial charge in [-0.1, -0.05) is 27.7 Å². The molecule has 3 unspecified atom stereocenters. The first kappa shape index (κ1) is 8.55. The van der Waals surface area contributed by atoms with Crippen LogP contribution in [-0.2, 0) is 0 Å². The van der Waals surface area contributed by atoms with Gasteiger partial charge >= 0.3 is 0 Å². The van der Waals surface area contributed by atoms with E-state index in [0.29, 0.717) is 5.41 Å². The van der Waals surface area contributed by atoms with Crippen LogP contribution in [0.15, 0.2) is 0 Å². The third-order valence-electron chi connectivity index (χ3n) is 3.54. The Balaban J connectivity index is 2.11. The van der Waals surface area contributed by atoms with Crippen molar-refractivity contribution in [3.05, 3.63) is 0 Å². The Morgan fingerprint density at radius 2 is 2.00 bits per heavy atom. The highest BCUT2D eigenvalue weighted by atomic mass is 15.2. The zero-order valence-corrected chi connectivity index (χ0v) is 8.80. The maximum atomic E-state index is 2.68. The van der Waals surface area contributed by atoms with Gasteiger partial charge in [-0.2, -0.15) is 0 Å². The zero-order valence-electron chi connectivity index (χ0n) is 8.80. The fourth-order valence-electron chi connectivity index (χ4n) is 3.07. The second-order valence-electron chi connectivity index (χ2n) is 5.56. The van der Waals surface area contributed by atoms with Gasteiger partial charge in [-0.05, 0) is 30.2 Å². The van der Waals surface area contributed by atoms with Gasteiger partial charge in [0.05, 0.1) is 0 Å². The highest BCUT2D eigenvalue weighted by Gasteiger charge is 2.55. The van der Waals surface area contributed by atoms with Crippen LogP contribution in [0.2, 0.25) is 0 Å². The number of rotatable bonds is 1. The van der Waals surface area contributed by atoms with E-state index in [4.69, 9.17) is 0 Å². The van der Waals surface area contributed by atoms with Crippen molar-refractivity contribution in [2.75, 3.05) is 13.1 Å². The number of likely N-dealkylation sites (tertiary alicyclic amines) is 1. The Morgan fingerprint density at radius 1 is 1.33 bits per heavy atom. The largest absolute Gasteiger partial charge is 0.300 e. The molecule has 0 aromatic heterocycles. The predicted octanol–water partition coefficient (Wildman–Crippen LogP) is 2.37. The highest BCUT2D eigenvalue weighted by molar-refractivity contribution is 5.07. The van der Waals surface area contributed by atoms with E-state index in [1.807, 2.05) is 0 Å². The first-order chi connectivity index (χ1) is 5.54. The average molecular weight is 167 g/mol. The van der Waals surface area contributed by atoms with Gasteiger partial charge in [0.2, 0.25) is 0 Å². The summed E-state index contributed by atoms with van der Waals surface area (Å²) in [7, 11) is 0. The molecule has 2 rings (SSSR count). The van der Waals surface area contributed by atoms with Crippen LogP contribution in [0.3, 0.4) is 0 Å². The van der Waals surface area contributed by atoms with Crippen molar-refractivity contribution in [1.29, 1.82) is 0 Å². The summed E-state index contributed by atoms with van der Waals surface area (Å²) in [6.07, 6.45) is 1.51. The Kier molecular flexibility index (Phi) is 1.76. The normalized spacial score (nSPS) is 41.5. The third-order valence-corrected chi connectivity index (χ3v) is 3.54. The number of hydrogen-bond donors (Lipinski definition) is 0. The molecule has 12 heavy (non-hydrogen) atoms. The summed E-state index contributed by atoms with van der Waals surface area (Å²) >= 11 is 0. The predicted molar refractivity (Wildman–Crippen MR) is 52.1 cm³/mol. The first-order valence-corrected chi connectivity index (χ1v) is 5.28. The molecule has 1 nitrogen and oxygen atoms in total. The summed E-state index contributed by atoms with van der Waals surface area (Å²) < 4.78 is 0. The molecule has 0 aromatic carbocycles. The van der Waals surface area contributed by atoms with Crippen molar-refractivity contribution in [2.45, 2.75) is 40.2 Å². The van der Waals surface area contributed by atoms with Crippen molar-refractivity contribution >= 4 is 0 Å². The molecule has 3 atom stereocenters. The van der Waals surface area contributed by atoms with E-state index in [2.05, 4.69) is 32.6 Å². The lowest BCUT2D eigenvalue weighted by Crippen LogP contribution is -2.42. The Bertz CT molecular complexity index is 180. The SMILES string of the molecule is CCN1CC2CC2C1C(C)(C)C. The number of nitrogens with zero attached hydrogens (tertiary/aromatic N) is 1. The third kappa shape index (κ3) is 1.19. The average Bonchev–Trinajstić information content (AvgIpc) is 2.58. The van der Waals surface area contributed by atoms with Crippen LogP contribution in [-0.4, -0.2) is 24.0 Å². The van der Waals surface area contributed by atoms with Crippen molar-refractivity contribution in [3.63, 3.8) is 0 Å².